The molecule has 4 unspecified atom stereocenters. The van der Waals surface area contributed by atoms with Crippen molar-refractivity contribution in [1.29, 1.82) is 0 Å². The van der Waals surface area contributed by atoms with E-state index in [1.165, 1.54) is 6.42 Å². The largest absolute Gasteiger partial charge is 0.330 e. The zero-order valence-electron chi connectivity index (χ0n) is 11.2. The highest BCUT2D eigenvalue weighted by atomic mass is 16.1. The number of carbonyl (C=O) groups is 1. The van der Waals surface area contributed by atoms with Gasteiger partial charge in [0, 0.05) is 18.4 Å². The van der Waals surface area contributed by atoms with Crippen LogP contribution < -0.4 is 5.73 Å². The summed E-state index contributed by atoms with van der Waals surface area (Å²) in [5, 5.41) is 0. The SMILES string of the molecule is CC(C)C(CN)C(=O)C1CCC(C)C(C)C1. The zero-order valence-corrected chi connectivity index (χ0v) is 11.2. The van der Waals surface area contributed by atoms with Crippen LogP contribution in [0.2, 0.25) is 0 Å². The Morgan fingerprint density at radius 1 is 1.25 bits per heavy atom. The summed E-state index contributed by atoms with van der Waals surface area (Å²) in [5.41, 5.74) is 5.72. The number of hydrogen-bond acceptors (Lipinski definition) is 2. The molecular weight excluding hydrogens is 198 g/mol. The van der Waals surface area contributed by atoms with Gasteiger partial charge in [-0.05, 0) is 37.0 Å². The van der Waals surface area contributed by atoms with Crippen LogP contribution in [0.5, 0.6) is 0 Å². The van der Waals surface area contributed by atoms with E-state index in [2.05, 4.69) is 27.7 Å². The number of rotatable bonds is 4. The van der Waals surface area contributed by atoms with Crippen LogP contribution in [0.3, 0.4) is 0 Å². The first-order valence-electron chi connectivity index (χ1n) is 6.71. The van der Waals surface area contributed by atoms with Crippen molar-refractivity contribution in [2.24, 2.45) is 35.3 Å². The third kappa shape index (κ3) is 3.07. The summed E-state index contributed by atoms with van der Waals surface area (Å²) < 4.78 is 0. The van der Waals surface area contributed by atoms with Gasteiger partial charge >= 0.3 is 0 Å². The molecule has 0 aromatic rings. The van der Waals surface area contributed by atoms with Gasteiger partial charge in [-0.3, -0.25) is 4.79 Å². The maximum absolute atomic E-state index is 12.3. The number of hydrogen-bond donors (Lipinski definition) is 1. The fourth-order valence-corrected chi connectivity index (χ4v) is 2.83. The maximum atomic E-state index is 12.3. The minimum Gasteiger partial charge on any atom is -0.330 e. The molecule has 0 spiro atoms. The van der Waals surface area contributed by atoms with Gasteiger partial charge in [-0.15, -0.1) is 0 Å². The highest BCUT2D eigenvalue weighted by Gasteiger charge is 2.33. The lowest BCUT2D eigenvalue weighted by Crippen LogP contribution is -2.36. The molecule has 1 aliphatic carbocycles. The average molecular weight is 225 g/mol. The maximum Gasteiger partial charge on any atom is 0.140 e. The van der Waals surface area contributed by atoms with Gasteiger partial charge in [-0.25, -0.2) is 0 Å². The molecule has 4 atom stereocenters. The second kappa shape index (κ2) is 5.81. The summed E-state index contributed by atoms with van der Waals surface area (Å²) >= 11 is 0. The first-order valence-corrected chi connectivity index (χ1v) is 6.71. The molecule has 1 fully saturated rings. The Morgan fingerprint density at radius 3 is 2.31 bits per heavy atom. The number of Topliss-reactive ketones (excluding diaryl/α,β-unsaturated/α-hetero) is 1. The molecule has 0 amide bonds. The van der Waals surface area contributed by atoms with Crippen LogP contribution in [0.1, 0.15) is 47.0 Å². The Hall–Kier alpha value is -0.370. The second-order valence-corrected chi connectivity index (χ2v) is 5.95. The van der Waals surface area contributed by atoms with Crippen LogP contribution in [0.4, 0.5) is 0 Å². The molecule has 0 saturated heterocycles. The van der Waals surface area contributed by atoms with Gasteiger partial charge in [0.1, 0.15) is 5.78 Å². The van der Waals surface area contributed by atoms with Crippen LogP contribution in [0, 0.1) is 29.6 Å². The van der Waals surface area contributed by atoms with Crippen molar-refractivity contribution in [3.63, 3.8) is 0 Å². The molecule has 0 aliphatic heterocycles. The van der Waals surface area contributed by atoms with E-state index in [9.17, 15) is 4.79 Å². The standard InChI is InChI=1S/C14H27NO/c1-9(2)13(8-15)14(16)12-6-5-10(3)11(4)7-12/h9-13H,5-8,15H2,1-4H3. The molecule has 1 saturated carbocycles. The van der Waals surface area contributed by atoms with Crippen LogP contribution in [-0.4, -0.2) is 12.3 Å². The summed E-state index contributed by atoms with van der Waals surface area (Å²) in [5.74, 6) is 2.63. The van der Waals surface area contributed by atoms with Crippen molar-refractivity contribution in [2.75, 3.05) is 6.54 Å². The normalized spacial score (nSPS) is 32.8. The first-order chi connectivity index (χ1) is 7.47. The molecule has 2 N–H and O–H groups in total. The molecule has 1 rings (SSSR count). The van der Waals surface area contributed by atoms with E-state index in [-0.39, 0.29) is 11.8 Å². The molecule has 2 nitrogen and oxygen atoms in total. The van der Waals surface area contributed by atoms with Crippen LogP contribution >= 0.6 is 0 Å². The van der Waals surface area contributed by atoms with E-state index >= 15 is 0 Å². The monoisotopic (exact) mass is 225 g/mol. The van der Waals surface area contributed by atoms with E-state index in [4.69, 9.17) is 5.73 Å². The van der Waals surface area contributed by atoms with E-state index in [0.717, 1.165) is 18.8 Å². The van der Waals surface area contributed by atoms with Crippen molar-refractivity contribution >= 4 is 5.78 Å². The van der Waals surface area contributed by atoms with Crippen molar-refractivity contribution < 1.29 is 4.79 Å². The molecule has 0 aromatic heterocycles. The van der Waals surface area contributed by atoms with Gasteiger partial charge in [-0.1, -0.05) is 27.7 Å². The molecule has 1 aliphatic rings. The van der Waals surface area contributed by atoms with E-state index in [1.807, 2.05) is 0 Å². The molecule has 0 heterocycles. The van der Waals surface area contributed by atoms with Crippen molar-refractivity contribution in [1.82, 2.24) is 0 Å². The van der Waals surface area contributed by atoms with Crippen LogP contribution in [-0.2, 0) is 4.79 Å². The van der Waals surface area contributed by atoms with Gasteiger partial charge in [0.25, 0.3) is 0 Å². The van der Waals surface area contributed by atoms with Crippen molar-refractivity contribution in [3.8, 4) is 0 Å². The lowest BCUT2D eigenvalue weighted by molar-refractivity contribution is -0.129. The topological polar surface area (TPSA) is 43.1 Å². The third-order valence-corrected chi connectivity index (χ3v) is 4.42. The van der Waals surface area contributed by atoms with Gasteiger partial charge in [0.15, 0.2) is 0 Å². The minimum atomic E-state index is 0.0746. The van der Waals surface area contributed by atoms with Crippen LogP contribution in [0.15, 0.2) is 0 Å². The fourth-order valence-electron chi connectivity index (χ4n) is 2.83. The summed E-state index contributed by atoms with van der Waals surface area (Å²) in [6.45, 7) is 9.29. The van der Waals surface area contributed by atoms with Gasteiger partial charge in [0.05, 0.1) is 0 Å². The van der Waals surface area contributed by atoms with Crippen molar-refractivity contribution in [2.45, 2.75) is 47.0 Å². The van der Waals surface area contributed by atoms with Gasteiger partial charge in [-0.2, -0.15) is 0 Å². The second-order valence-electron chi connectivity index (χ2n) is 5.95. The smallest absolute Gasteiger partial charge is 0.140 e. The predicted molar refractivity (Wildman–Crippen MR) is 68.1 cm³/mol. The minimum absolute atomic E-state index is 0.0746. The molecule has 0 radical (unpaired) electrons. The third-order valence-electron chi connectivity index (χ3n) is 4.42. The lowest BCUT2D eigenvalue weighted by Gasteiger charge is -2.33. The Kier molecular flexibility index (Phi) is 4.97. The molecule has 0 aromatic carbocycles. The quantitative estimate of drug-likeness (QED) is 0.799. The molecule has 0 bridgehead atoms. The van der Waals surface area contributed by atoms with Crippen molar-refractivity contribution in [3.05, 3.63) is 0 Å². The predicted octanol–water partition coefficient (Wildman–Crippen LogP) is 2.86. The molecule has 16 heavy (non-hydrogen) atoms. The van der Waals surface area contributed by atoms with Gasteiger partial charge < -0.3 is 5.73 Å². The number of nitrogens with two attached hydrogens (primary N) is 1. The average Bonchev–Trinajstić information content (AvgIpc) is 2.22. The Labute approximate surface area is 100.0 Å². The highest BCUT2D eigenvalue weighted by molar-refractivity contribution is 5.84. The Balaban J connectivity index is 2.60. The number of carbonyl (C=O) groups excluding carboxylic acids is 1. The summed E-state index contributed by atoms with van der Waals surface area (Å²) in [4.78, 5) is 12.3. The number of ketones is 1. The summed E-state index contributed by atoms with van der Waals surface area (Å²) in [7, 11) is 0. The van der Waals surface area contributed by atoms with E-state index < -0.39 is 0 Å². The zero-order chi connectivity index (χ0) is 12.3. The molecule has 2 heteroatoms. The molecular formula is C14H27NO. The Bertz CT molecular complexity index is 237. The summed E-state index contributed by atoms with van der Waals surface area (Å²) in [6.07, 6.45) is 3.35. The van der Waals surface area contributed by atoms with Crippen LogP contribution in [0.25, 0.3) is 0 Å². The lowest BCUT2D eigenvalue weighted by atomic mass is 9.71. The van der Waals surface area contributed by atoms with E-state index in [1.54, 1.807) is 0 Å². The van der Waals surface area contributed by atoms with Gasteiger partial charge in [0.2, 0.25) is 0 Å². The molecule has 94 valence electrons. The highest BCUT2D eigenvalue weighted by Crippen LogP contribution is 2.35. The first kappa shape index (κ1) is 13.7. The fraction of sp³-hybridized carbons (Fsp3) is 0.929. The Morgan fingerprint density at radius 2 is 1.88 bits per heavy atom. The summed E-state index contributed by atoms with van der Waals surface area (Å²) in [6, 6.07) is 0. The van der Waals surface area contributed by atoms with E-state index in [0.29, 0.717) is 24.2 Å².